The molecule has 28 heavy (non-hydrogen) atoms. The van der Waals surface area contributed by atoms with Gasteiger partial charge in [0.2, 0.25) is 0 Å². The number of nitrogens with one attached hydrogen (secondary N) is 2. The molecule has 146 valence electrons. The van der Waals surface area contributed by atoms with E-state index in [4.69, 9.17) is 11.6 Å². The summed E-state index contributed by atoms with van der Waals surface area (Å²) >= 11 is 6.04. The Morgan fingerprint density at radius 2 is 1.89 bits per heavy atom. The Hall–Kier alpha value is -2.99. The van der Waals surface area contributed by atoms with E-state index in [0.717, 1.165) is 23.6 Å². The summed E-state index contributed by atoms with van der Waals surface area (Å²) in [5.41, 5.74) is 2.13. The van der Waals surface area contributed by atoms with Crippen LogP contribution in [0.3, 0.4) is 0 Å². The van der Waals surface area contributed by atoms with E-state index < -0.39 is 0 Å². The van der Waals surface area contributed by atoms with E-state index in [0.29, 0.717) is 18.1 Å². The number of benzene rings is 2. The summed E-state index contributed by atoms with van der Waals surface area (Å²) in [6.07, 6.45) is 3.72. The molecule has 3 N–H and O–H groups in total. The van der Waals surface area contributed by atoms with Crippen molar-refractivity contribution in [2.45, 2.75) is 19.5 Å². The van der Waals surface area contributed by atoms with Gasteiger partial charge in [0.25, 0.3) is 0 Å². The summed E-state index contributed by atoms with van der Waals surface area (Å²) in [5, 5.41) is 21.2. The molecule has 1 heterocycles. The van der Waals surface area contributed by atoms with Gasteiger partial charge in [0.15, 0.2) is 5.96 Å². The van der Waals surface area contributed by atoms with Gasteiger partial charge in [-0.2, -0.15) is 5.10 Å². The zero-order valence-electron chi connectivity index (χ0n) is 15.7. The number of rotatable bonds is 7. The van der Waals surface area contributed by atoms with Crippen LogP contribution in [-0.2, 0) is 6.54 Å². The second-order valence-electron chi connectivity index (χ2n) is 6.30. The minimum absolute atomic E-state index is 0.00444. The Bertz CT molecular complexity index is 876. The minimum atomic E-state index is 0.00444. The fourth-order valence-electron chi connectivity index (χ4n) is 2.82. The SMILES string of the molecule is CCNC(=NCc1ccc(O)cc1)NCC(c1ccc(Cl)cc1)n1cccn1. The highest BCUT2D eigenvalue weighted by Crippen LogP contribution is 2.19. The van der Waals surface area contributed by atoms with Crippen LogP contribution in [0.4, 0.5) is 0 Å². The average Bonchev–Trinajstić information content (AvgIpc) is 3.23. The molecule has 2 aromatic carbocycles. The lowest BCUT2D eigenvalue weighted by Crippen LogP contribution is -2.40. The van der Waals surface area contributed by atoms with Crippen LogP contribution < -0.4 is 10.6 Å². The first-order chi connectivity index (χ1) is 13.7. The van der Waals surface area contributed by atoms with Crippen LogP contribution in [-0.4, -0.2) is 33.9 Å². The fraction of sp³-hybridized carbons (Fsp3) is 0.238. The number of aromatic nitrogens is 2. The molecule has 0 aliphatic rings. The van der Waals surface area contributed by atoms with Gasteiger partial charge in [-0.15, -0.1) is 0 Å². The number of hydrogen-bond donors (Lipinski definition) is 3. The van der Waals surface area contributed by atoms with Crippen molar-refractivity contribution in [1.29, 1.82) is 0 Å². The average molecular weight is 398 g/mol. The lowest BCUT2D eigenvalue weighted by Gasteiger charge is -2.20. The Balaban J connectivity index is 1.72. The molecular formula is C21H24ClN5O. The molecule has 1 atom stereocenters. The first kappa shape index (κ1) is 19.8. The smallest absolute Gasteiger partial charge is 0.191 e. The number of phenolic OH excluding ortho intramolecular Hbond substituents is 1. The molecule has 6 nitrogen and oxygen atoms in total. The van der Waals surface area contributed by atoms with Crippen LogP contribution in [0.2, 0.25) is 5.02 Å². The first-order valence-corrected chi connectivity index (χ1v) is 9.58. The fourth-order valence-corrected chi connectivity index (χ4v) is 2.95. The molecule has 1 aromatic heterocycles. The van der Waals surface area contributed by atoms with Crippen molar-refractivity contribution in [3.05, 3.63) is 83.1 Å². The third kappa shape index (κ3) is 5.50. The van der Waals surface area contributed by atoms with Crippen LogP contribution in [0, 0.1) is 0 Å². The molecule has 7 heteroatoms. The van der Waals surface area contributed by atoms with Crippen molar-refractivity contribution in [2.24, 2.45) is 4.99 Å². The highest BCUT2D eigenvalue weighted by molar-refractivity contribution is 6.30. The normalized spacial score (nSPS) is 12.6. The van der Waals surface area contributed by atoms with Gasteiger partial charge in [-0.3, -0.25) is 4.68 Å². The van der Waals surface area contributed by atoms with E-state index in [-0.39, 0.29) is 11.8 Å². The minimum Gasteiger partial charge on any atom is -0.508 e. The van der Waals surface area contributed by atoms with Gasteiger partial charge < -0.3 is 15.7 Å². The number of halogens is 1. The van der Waals surface area contributed by atoms with E-state index >= 15 is 0 Å². The van der Waals surface area contributed by atoms with Crippen molar-refractivity contribution in [1.82, 2.24) is 20.4 Å². The maximum Gasteiger partial charge on any atom is 0.191 e. The number of aliphatic imine (C=N–C) groups is 1. The van der Waals surface area contributed by atoms with Crippen LogP contribution in [0.25, 0.3) is 0 Å². The van der Waals surface area contributed by atoms with Crippen LogP contribution in [0.15, 0.2) is 72.0 Å². The quantitative estimate of drug-likeness (QED) is 0.420. The van der Waals surface area contributed by atoms with Gasteiger partial charge in [0, 0.05) is 30.5 Å². The Kier molecular flexibility index (Phi) is 6.92. The third-order valence-electron chi connectivity index (χ3n) is 4.26. The molecule has 0 spiro atoms. The van der Waals surface area contributed by atoms with Gasteiger partial charge in [0.1, 0.15) is 5.75 Å². The van der Waals surface area contributed by atoms with Crippen LogP contribution in [0.1, 0.15) is 24.1 Å². The van der Waals surface area contributed by atoms with Crippen LogP contribution in [0.5, 0.6) is 5.75 Å². The van der Waals surface area contributed by atoms with E-state index in [9.17, 15) is 5.11 Å². The van der Waals surface area contributed by atoms with Crippen molar-refractivity contribution in [3.8, 4) is 5.75 Å². The van der Waals surface area contributed by atoms with Gasteiger partial charge >= 0.3 is 0 Å². The molecule has 0 saturated carbocycles. The van der Waals surface area contributed by atoms with Crippen molar-refractivity contribution in [3.63, 3.8) is 0 Å². The van der Waals surface area contributed by atoms with Gasteiger partial charge in [-0.25, -0.2) is 4.99 Å². The van der Waals surface area contributed by atoms with Crippen molar-refractivity contribution in [2.75, 3.05) is 13.1 Å². The largest absolute Gasteiger partial charge is 0.508 e. The summed E-state index contributed by atoms with van der Waals surface area (Å²) in [6.45, 7) is 3.92. The van der Waals surface area contributed by atoms with Gasteiger partial charge in [-0.1, -0.05) is 35.9 Å². The van der Waals surface area contributed by atoms with E-state index in [2.05, 4.69) is 20.7 Å². The highest BCUT2D eigenvalue weighted by Gasteiger charge is 2.14. The number of hydrogen-bond acceptors (Lipinski definition) is 3. The zero-order chi connectivity index (χ0) is 19.8. The van der Waals surface area contributed by atoms with E-state index in [1.54, 1.807) is 18.3 Å². The third-order valence-corrected chi connectivity index (χ3v) is 4.51. The zero-order valence-corrected chi connectivity index (χ0v) is 16.5. The second kappa shape index (κ2) is 9.80. The van der Waals surface area contributed by atoms with Crippen LogP contribution >= 0.6 is 11.6 Å². The molecule has 0 radical (unpaired) electrons. The summed E-state index contributed by atoms with van der Waals surface area (Å²) in [4.78, 5) is 4.64. The molecule has 3 rings (SSSR count). The Morgan fingerprint density at radius 3 is 2.54 bits per heavy atom. The van der Waals surface area contributed by atoms with Crippen molar-refractivity contribution < 1.29 is 5.11 Å². The lowest BCUT2D eigenvalue weighted by molar-refractivity contribution is 0.475. The maximum atomic E-state index is 9.40. The van der Waals surface area contributed by atoms with Crippen molar-refractivity contribution >= 4 is 17.6 Å². The second-order valence-corrected chi connectivity index (χ2v) is 6.73. The Labute approximate surface area is 169 Å². The Morgan fingerprint density at radius 1 is 1.14 bits per heavy atom. The lowest BCUT2D eigenvalue weighted by atomic mass is 10.1. The number of aromatic hydroxyl groups is 1. The number of phenols is 1. The molecule has 1 unspecified atom stereocenters. The monoisotopic (exact) mass is 397 g/mol. The summed E-state index contributed by atoms with van der Waals surface area (Å²) in [6, 6.07) is 16.8. The van der Waals surface area contributed by atoms with E-state index in [1.165, 1.54) is 0 Å². The predicted octanol–water partition coefficient (Wildman–Crippen LogP) is 3.59. The first-order valence-electron chi connectivity index (χ1n) is 9.20. The summed E-state index contributed by atoms with van der Waals surface area (Å²) in [5.74, 6) is 0.976. The molecule has 0 bridgehead atoms. The molecule has 0 saturated heterocycles. The van der Waals surface area contributed by atoms with Gasteiger partial charge in [-0.05, 0) is 48.4 Å². The maximum absolute atomic E-state index is 9.40. The predicted molar refractivity (Wildman–Crippen MR) is 113 cm³/mol. The molecule has 0 aliphatic carbocycles. The summed E-state index contributed by atoms with van der Waals surface area (Å²) < 4.78 is 1.92. The topological polar surface area (TPSA) is 74.5 Å². The molecule has 0 aliphatic heterocycles. The number of nitrogens with zero attached hydrogens (tertiary/aromatic N) is 3. The molecular weight excluding hydrogens is 374 g/mol. The van der Waals surface area contributed by atoms with E-state index in [1.807, 2.05) is 60.3 Å². The molecule has 3 aromatic rings. The standard InChI is InChI=1S/C21H24ClN5O/c1-2-23-21(24-14-16-4-10-19(28)11-5-16)25-15-20(27-13-3-12-26-27)17-6-8-18(22)9-7-17/h3-13,20,28H,2,14-15H2,1H3,(H2,23,24,25). The number of guanidine groups is 1. The molecule has 0 amide bonds. The van der Waals surface area contributed by atoms with Gasteiger partial charge in [0.05, 0.1) is 12.6 Å². The highest BCUT2D eigenvalue weighted by atomic mass is 35.5. The molecule has 0 fully saturated rings. The summed E-state index contributed by atoms with van der Waals surface area (Å²) in [7, 11) is 0.